The first-order valence-electron chi connectivity index (χ1n) is 6.02. The summed E-state index contributed by atoms with van der Waals surface area (Å²) in [6.07, 6.45) is 3.23. The Kier molecular flexibility index (Phi) is 4.42. The maximum Gasteiger partial charge on any atom is 0.334 e. The zero-order chi connectivity index (χ0) is 13.2. The molecule has 0 spiro atoms. The highest BCUT2D eigenvalue weighted by Crippen LogP contribution is 2.37. The Morgan fingerprint density at radius 1 is 1.35 bits per heavy atom. The van der Waals surface area contributed by atoms with E-state index in [2.05, 4.69) is 20.8 Å². The summed E-state index contributed by atoms with van der Waals surface area (Å²) >= 11 is 6.07. The van der Waals surface area contributed by atoms with E-state index < -0.39 is 0 Å². The summed E-state index contributed by atoms with van der Waals surface area (Å²) in [6.45, 7) is 9.96. The van der Waals surface area contributed by atoms with Crippen molar-refractivity contribution >= 4 is 17.6 Å². The molecule has 96 valence electrons. The minimum absolute atomic E-state index is 0.0856. The van der Waals surface area contributed by atoms with Gasteiger partial charge in [0.2, 0.25) is 0 Å². The molecule has 0 aromatic carbocycles. The summed E-state index contributed by atoms with van der Waals surface area (Å²) in [4.78, 5) is 12.0. The predicted octanol–water partition coefficient (Wildman–Crippen LogP) is 4.20. The molecular weight excluding hydrogens is 236 g/mol. The number of halogens is 1. The van der Waals surface area contributed by atoms with Gasteiger partial charge in [0.05, 0.1) is 6.10 Å². The number of allylic oxidation sites excluding steroid dienone is 3. The topological polar surface area (TPSA) is 26.3 Å². The summed E-state index contributed by atoms with van der Waals surface area (Å²) in [5.41, 5.74) is 1.68. The van der Waals surface area contributed by atoms with Crippen molar-refractivity contribution in [1.29, 1.82) is 0 Å². The molecule has 0 bridgehead atoms. The highest BCUT2D eigenvalue weighted by molar-refractivity contribution is 6.30. The van der Waals surface area contributed by atoms with Crippen molar-refractivity contribution in [1.82, 2.24) is 0 Å². The van der Waals surface area contributed by atoms with E-state index in [1.165, 1.54) is 0 Å². The molecule has 0 aromatic rings. The zero-order valence-corrected chi connectivity index (χ0v) is 12.0. The minimum atomic E-state index is -0.203. The maximum atomic E-state index is 12.0. The van der Waals surface area contributed by atoms with Gasteiger partial charge in [-0.1, -0.05) is 32.4 Å². The van der Waals surface area contributed by atoms with Crippen molar-refractivity contribution in [2.75, 3.05) is 0 Å². The van der Waals surface area contributed by atoms with E-state index >= 15 is 0 Å². The van der Waals surface area contributed by atoms with Crippen LogP contribution >= 0.6 is 11.6 Å². The van der Waals surface area contributed by atoms with Crippen LogP contribution in [0.15, 0.2) is 22.3 Å². The van der Waals surface area contributed by atoms with Crippen LogP contribution < -0.4 is 0 Å². The predicted molar refractivity (Wildman–Crippen MR) is 70.9 cm³/mol. The Hall–Kier alpha value is -0.760. The van der Waals surface area contributed by atoms with Gasteiger partial charge < -0.3 is 4.74 Å². The Labute approximate surface area is 109 Å². The molecule has 1 aliphatic rings. The summed E-state index contributed by atoms with van der Waals surface area (Å²) in [5, 5.41) is 0.816. The van der Waals surface area contributed by atoms with Crippen LogP contribution in [-0.4, -0.2) is 12.1 Å². The Balaban J connectivity index is 3.10. The third-order valence-corrected chi connectivity index (χ3v) is 2.94. The number of hydrogen-bond acceptors (Lipinski definition) is 2. The SMILES string of the molecule is CC(C)OC(=O)C1=C(C(C)(C)C)C=C(Cl)CC1. The van der Waals surface area contributed by atoms with Gasteiger partial charge in [0, 0.05) is 10.6 Å². The quantitative estimate of drug-likeness (QED) is 0.693. The summed E-state index contributed by atoms with van der Waals surface area (Å²) < 4.78 is 5.28. The minimum Gasteiger partial charge on any atom is -0.460 e. The molecule has 0 saturated carbocycles. The van der Waals surface area contributed by atoms with Gasteiger partial charge in [0.15, 0.2) is 0 Å². The molecule has 2 nitrogen and oxygen atoms in total. The fraction of sp³-hybridized carbons (Fsp3) is 0.643. The average molecular weight is 257 g/mol. The lowest BCUT2D eigenvalue weighted by Gasteiger charge is -2.27. The van der Waals surface area contributed by atoms with E-state index in [1.54, 1.807) is 0 Å². The maximum absolute atomic E-state index is 12.0. The van der Waals surface area contributed by atoms with Crippen LogP contribution in [0.3, 0.4) is 0 Å². The van der Waals surface area contributed by atoms with Gasteiger partial charge in [-0.15, -0.1) is 0 Å². The van der Waals surface area contributed by atoms with Crippen LogP contribution in [0.25, 0.3) is 0 Å². The van der Waals surface area contributed by atoms with Gasteiger partial charge in [-0.3, -0.25) is 0 Å². The van der Waals surface area contributed by atoms with Crippen LogP contribution in [0.2, 0.25) is 0 Å². The number of carbonyl (C=O) groups excluding carboxylic acids is 1. The normalized spacial score (nSPS) is 17.2. The first-order chi connectivity index (χ1) is 7.71. The Morgan fingerprint density at radius 2 is 1.94 bits per heavy atom. The fourth-order valence-corrected chi connectivity index (χ4v) is 2.06. The van der Waals surface area contributed by atoms with Crippen molar-refractivity contribution in [3.05, 3.63) is 22.3 Å². The molecule has 0 radical (unpaired) electrons. The molecule has 0 heterocycles. The first kappa shape index (κ1) is 14.3. The molecule has 0 N–H and O–H groups in total. The van der Waals surface area contributed by atoms with Crippen LogP contribution in [0.5, 0.6) is 0 Å². The van der Waals surface area contributed by atoms with Crippen molar-refractivity contribution < 1.29 is 9.53 Å². The molecule has 17 heavy (non-hydrogen) atoms. The third kappa shape index (κ3) is 3.88. The second-order valence-electron chi connectivity index (χ2n) is 5.69. The van der Waals surface area contributed by atoms with Crippen LogP contribution in [0.1, 0.15) is 47.5 Å². The van der Waals surface area contributed by atoms with Crippen molar-refractivity contribution in [2.45, 2.75) is 53.6 Å². The van der Waals surface area contributed by atoms with E-state index in [0.717, 1.165) is 22.6 Å². The van der Waals surface area contributed by atoms with Crippen LogP contribution in [0.4, 0.5) is 0 Å². The molecular formula is C14H21ClO2. The summed E-state index contributed by atoms with van der Waals surface area (Å²) in [5.74, 6) is -0.203. The molecule has 0 aromatic heterocycles. The Morgan fingerprint density at radius 3 is 2.41 bits per heavy atom. The van der Waals surface area contributed by atoms with Gasteiger partial charge in [-0.2, -0.15) is 0 Å². The zero-order valence-electron chi connectivity index (χ0n) is 11.3. The highest BCUT2D eigenvalue weighted by Gasteiger charge is 2.27. The molecule has 0 saturated heterocycles. The smallest absolute Gasteiger partial charge is 0.334 e. The molecule has 0 amide bonds. The largest absolute Gasteiger partial charge is 0.460 e. The van der Waals surface area contributed by atoms with E-state index in [4.69, 9.17) is 16.3 Å². The molecule has 3 heteroatoms. The average Bonchev–Trinajstić information content (AvgIpc) is 2.14. The lowest BCUT2D eigenvalue weighted by Crippen LogP contribution is -2.21. The fourth-order valence-electron chi connectivity index (χ4n) is 1.86. The molecule has 0 aliphatic heterocycles. The third-order valence-electron chi connectivity index (χ3n) is 2.64. The van der Waals surface area contributed by atoms with Gasteiger partial charge in [-0.05, 0) is 43.8 Å². The monoisotopic (exact) mass is 256 g/mol. The van der Waals surface area contributed by atoms with E-state index in [0.29, 0.717) is 6.42 Å². The van der Waals surface area contributed by atoms with E-state index in [-0.39, 0.29) is 17.5 Å². The number of carbonyl (C=O) groups is 1. The van der Waals surface area contributed by atoms with Gasteiger partial charge in [0.25, 0.3) is 0 Å². The Bertz CT molecular complexity index is 370. The summed E-state index contributed by atoms with van der Waals surface area (Å²) in [7, 11) is 0. The first-order valence-corrected chi connectivity index (χ1v) is 6.40. The van der Waals surface area contributed by atoms with Crippen molar-refractivity contribution in [2.24, 2.45) is 5.41 Å². The van der Waals surface area contributed by atoms with Crippen LogP contribution in [0, 0.1) is 5.41 Å². The number of rotatable bonds is 2. The van der Waals surface area contributed by atoms with Gasteiger partial charge in [0.1, 0.15) is 0 Å². The van der Waals surface area contributed by atoms with E-state index in [1.807, 2.05) is 19.9 Å². The molecule has 1 rings (SSSR count). The lowest BCUT2D eigenvalue weighted by atomic mass is 9.79. The van der Waals surface area contributed by atoms with Crippen molar-refractivity contribution in [3.63, 3.8) is 0 Å². The molecule has 0 unspecified atom stereocenters. The molecule has 0 atom stereocenters. The summed E-state index contributed by atoms with van der Waals surface area (Å²) in [6, 6.07) is 0. The molecule has 0 fully saturated rings. The number of hydrogen-bond donors (Lipinski definition) is 0. The van der Waals surface area contributed by atoms with Crippen LogP contribution in [-0.2, 0) is 9.53 Å². The molecule has 1 aliphatic carbocycles. The standard InChI is InChI=1S/C14H21ClO2/c1-9(2)17-13(16)11-7-6-10(15)8-12(11)14(3,4)5/h8-9H,6-7H2,1-5H3. The van der Waals surface area contributed by atoms with Gasteiger partial charge in [-0.25, -0.2) is 4.79 Å². The number of esters is 1. The second kappa shape index (κ2) is 5.26. The van der Waals surface area contributed by atoms with Crippen molar-refractivity contribution in [3.8, 4) is 0 Å². The lowest BCUT2D eigenvalue weighted by molar-refractivity contribution is -0.142. The van der Waals surface area contributed by atoms with Gasteiger partial charge >= 0.3 is 5.97 Å². The highest BCUT2D eigenvalue weighted by atomic mass is 35.5. The number of ether oxygens (including phenoxy) is 1. The van der Waals surface area contributed by atoms with E-state index in [9.17, 15) is 4.79 Å². The second-order valence-corrected chi connectivity index (χ2v) is 6.17.